The summed E-state index contributed by atoms with van der Waals surface area (Å²) in [7, 11) is -3.54. The first kappa shape index (κ1) is 22.1. The van der Waals surface area contributed by atoms with E-state index in [4.69, 9.17) is 4.74 Å². The van der Waals surface area contributed by atoms with Gasteiger partial charge < -0.3 is 10.1 Å². The highest BCUT2D eigenvalue weighted by molar-refractivity contribution is 7.89. The average Bonchev–Trinajstić information content (AvgIpc) is 2.72. The van der Waals surface area contributed by atoms with Crippen LogP contribution in [0.5, 0.6) is 5.75 Å². The summed E-state index contributed by atoms with van der Waals surface area (Å²) in [4.78, 5) is 13.0. The van der Waals surface area contributed by atoms with Crippen LogP contribution in [0.15, 0.2) is 29.2 Å². The molecule has 7 heteroatoms. The molecule has 1 aliphatic carbocycles. The molecule has 3 rings (SSSR count). The Balaban J connectivity index is 1.55. The Hall–Kier alpha value is -1.60. The Bertz CT molecular complexity index is 786. The van der Waals surface area contributed by atoms with Crippen LogP contribution in [0, 0.1) is 17.8 Å². The number of sulfonamides is 1. The molecule has 0 spiro atoms. The van der Waals surface area contributed by atoms with Gasteiger partial charge in [0.1, 0.15) is 5.75 Å². The first-order valence-corrected chi connectivity index (χ1v) is 12.3. The first-order chi connectivity index (χ1) is 13.8. The lowest BCUT2D eigenvalue weighted by molar-refractivity contribution is -0.127. The van der Waals surface area contributed by atoms with Gasteiger partial charge in [-0.15, -0.1) is 0 Å². The van der Waals surface area contributed by atoms with E-state index in [9.17, 15) is 13.2 Å². The van der Waals surface area contributed by atoms with E-state index in [0.29, 0.717) is 50.1 Å². The number of carbonyl (C=O) groups is 1. The van der Waals surface area contributed by atoms with Crippen molar-refractivity contribution in [3.63, 3.8) is 0 Å². The molecule has 162 valence electrons. The van der Waals surface area contributed by atoms with Gasteiger partial charge in [-0.05, 0) is 62.3 Å². The number of nitrogens with zero attached hydrogens (tertiary/aromatic N) is 1. The van der Waals surface area contributed by atoms with Crippen LogP contribution < -0.4 is 10.1 Å². The molecule has 0 aromatic heterocycles. The minimum Gasteiger partial charge on any atom is -0.494 e. The second-order valence-electron chi connectivity index (χ2n) is 8.47. The van der Waals surface area contributed by atoms with Gasteiger partial charge in [-0.1, -0.05) is 26.7 Å². The van der Waals surface area contributed by atoms with Crippen molar-refractivity contribution in [1.82, 2.24) is 9.62 Å². The lowest BCUT2D eigenvalue weighted by Crippen LogP contribution is -2.48. The molecule has 0 bridgehead atoms. The number of rotatable bonds is 6. The second kappa shape index (κ2) is 9.47. The topological polar surface area (TPSA) is 75.7 Å². The molecule has 29 heavy (non-hydrogen) atoms. The van der Waals surface area contributed by atoms with Crippen molar-refractivity contribution in [3.05, 3.63) is 24.3 Å². The fourth-order valence-electron chi connectivity index (χ4n) is 4.47. The molecule has 1 saturated heterocycles. The average molecular weight is 423 g/mol. The predicted molar refractivity (Wildman–Crippen MR) is 113 cm³/mol. The van der Waals surface area contributed by atoms with Gasteiger partial charge >= 0.3 is 0 Å². The van der Waals surface area contributed by atoms with Gasteiger partial charge in [0.25, 0.3) is 0 Å². The Labute approximate surface area is 175 Å². The summed E-state index contributed by atoms with van der Waals surface area (Å²) in [6, 6.07) is 6.79. The smallest absolute Gasteiger partial charge is 0.243 e. The van der Waals surface area contributed by atoms with E-state index in [1.165, 1.54) is 10.7 Å². The summed E-state index contributed by atoms with van der Waals surface area (Å²) in [5.74, 6) is 1.77. The van der Waals surface area contributed by atoms with E-state index in [2.05, 4.69) is 19.2 Å². The van der Waals surface area contributed by atoms with E-state index in [1.54, 1.807) is 24.3 Å². The van der Waals surface area contributed by atoms with Crippen LogP contribution in [0.1, 0.15) is 52.9 Å². The third-order valence-corrected chi connectivity index (χ3v) is 8.54. The van der Waals surface area contributed by atoms with Gasteiger partial charge in [0.15, 0.2) is 0 Å². The molecular formula is C22H34N2O4S. The number of benzene rings is 1. The van der Waals surface area contributed by atoms with Gasteiger partial charge in [0, 0.05) is 25.0 Å². The molecule has 1 heterocycles. The molecule has 6 nitrogen and oxygen atoms in total. The molecule has 0 radical (unpaired) electrons. The van der Waals surface area contributed by atoms with Gasteiger partial charge in [0.05, 0.1) is 11.5 Å². The molecular weight excluding hydrogens is 388 g/mol. The fraction of sp³-hybridized carbons (Fsp3) is 0.682. The van der Waals surface area contributed by atoms with E-state index < -0.39 is 10.0 Å². The molecule has 1 N–H and O–H groups in total. The van der Waals surface area contributed by atoms with Crippen LogP contribution in [0.25, 0.3) is 0 Å². The molecule has 3 atom stereocenters. The maximum absolute atomic E-state index is 12.9. The highest BCUT2D eigenvalue weighted by Crippen LogP contribution is 2.30. The quantitative estimate of drug-likeness (QED) is 0.762. The van der Waals surface area contributed by atoms with Crippen LogP contribution in [0.3, 0.4) is 0 Å². The molecule has 1 aliphatic heterocycles. The predicted octanol–water partition coefficient (Wildman–Crippen LogP) is 3.43. The summed E-state index contributed by atoms with van der Waals surface area (Å²) < 4.78 is 32.7. The second-order valence-corrected chi connectivity index (χ2v) is 10.4. The molecule has 2 fully saturated rings. The molecule has 2 aliphatic rings. The van der Waals surface area contributed by atoms with Crippen molar-refractivity contribution < 1.29 is 17.9 Å². The van der Waals surface area contributed by atoms with E-state index in [1.807, 2.05) is 6.92 Å². The molecule has 1 aromatic rings. The summed E-state index contributed by atoms with van der Waals surface area (Å²) in [6.07, 6.45) is 4.57. The van der Waals surface area contributed by atoms with Gasteiger partial charge in [-0.25, -0.2) is 8.42 Å². The monoisotopic (exact) mass is 422 g/mol. The highest BCUT2D eigenvalue weighted by Gasteiger charge is 2.34. The normalized spacial score (nSPS) is 26.8. The van der Waals surface area contributed by atoms with Crippen molar-refractivity contribution in [2.24, 2.45) is 17.8 Å². The van der Waals surface area contributed by atoms with Crippen LogP contribution >= 0.6 is 0 Å². The minimum absolute atomic E-state index is 0.0917. The van der Waals surface area contributed by atoms with Crippen molar-refractivity contribution in [1.29, 1.82) is 0 Å². The Morgan fingerprint density at radius 3 is 2.38 bits per heavy atom. The Morgan fingerprint density at radius 2 is 1.76 bits per heavy atom. The van der Waals surface area contributed by atoms with Gasteiger partial charge in [0.2, 0.25) is 15.9 Å². The van der Waals surface area contributed by atoms with Gasteiger partial charge in [-0.2, -0.15) is 4.31 Å². The number of nitrogens with one attached hydrogen (secondary N) is 1. The zero-order valence-electron chi connectivity index (χ0n) is 17.8. The van der Waals surface area contributed by atoms with Gasteiger partial charge in [-0.3, -0.25) is 4.79 Å². The van der Waals surface area contributed by atoms with Crippen LogP contribution in [-0.4, -0.2) is 44.4 Å². The molecule has 0 unspecified atom stereocenters. The maximum atomic E-state index is 12.9. The number of hydrogen-bond acceptors (Lipinski definition) is 4. The fourth-order valence-corrected chi connectivity index (χ4v) is 5.94. The lowest BCUT2D eigenvalue weighted by atomic mass is 9.78. The molecule has 1 amide bonds. The van der Waals surface area contributed by atoms with Crippen LogP contribution in [-0.2, 0) is 14.8 Å². The first-order valence-electron chi connectivity index (χ1n) is 10.9. The van der Waals surface area contributed by atoms with Crippen LogP contribution in [0.2, 0.25) is 0 Å². The third kappa shape index (κ3) is 5.12. The van der Waals surface area contributed by atoms with Crippen molar-refractivity contribution in [3.8, 4) is 5.75 Å². The number of hydrogen-bond donors (Lipinski definition) is 1. The van der Waals surface area contributed by atoms with Crippen LogP contribution in [0.4, 0.5) is 0 Å². The van der Waals surface area contributed by atoms with Crippen molar-refractivity contribution >= 4 is 15.9 Å². The number of carbonyl (C=O) groups excluding carboxylic acids is 1. The Morgan fingerprint density at radius 1 is 1.10 bits per heavy atom. The number of piperidine rings is 1. The SMILES string of the molecule is CCOc1ccc(S(=O)(=O)N2CCC(C(=O)N[C@@H]3CCC[C@@H](C)[C@H]3C)CC2)cc1. The van der Waals surface area contributed by atoms with E-state index >= 15 is 0 Å². The maximum Gasteiger partial charge on any atom is 0.243 e. The largest absolute Gasteiger partial charge is 0.494 e. The minimum atomic E-state index is -3.54. The number of ether oxygens (including phenoxy) is 1. The zero-order chi connectivity index (χ0) is 21.0. The Kier molecular flexibility index (Phi) is 7.22. The summed E-state index contributed by atoms with van der Waals surface area (Å²) in [6.45, 7) is 7.67. The van der Waals surface area contributed by atoms with E-state index in [-0.39, 0.29) is 22.8 Å². The standard InChI is InChI=1S/C22H34N2O4S/c1-4-28-19-8-10-20(11-9-19)29(26,27)24-14-12-18(13-15-24)22(25)23-21-7-5-6-16(2)17(21)3/h8-11,16-18,21H,4-7,12-15H2,1-3H3,(H,23,25)/t16-,17-,21-/m1/s1. The summed E-state index contributed by atoms with van der Waals surface area (Å²) in [5, 5.41) is 3.25. The third-order valence-electron chi connectivity index (χ3n) is 6.63. The number of amides is 1. The zero-order valence-corrected chi connectivity index (χ0v) is 18.6. The molecule has 1 aromatic carbocycles. The molecule has 1 saturated carbocycles. The summed E-state index contributed by atoms with van der Waals surface area (Å²) in [5.41, 5.74) is 0. The van der Waals surface area contributed by atoms with E-state index in [0.717, 1.165) is 12.8 Å². The highest BCUT2D eigenvalue weighted by atomic mass is 32.2. The lowest BCUT2D eigenvalue weighted by Gasteiger charge is -2.36. The van der Waals surface area contributed by atoms with Crippen molar-refractivity contribution in [2.75, 3.05) is 19.7 Å². The van der Waals surface area contributed by atoms with Crippen molar-refractivity contribution in [2.45, 2.75) is 63.8 Å². The summed E-state index contributed by atoms with van der Waals surface area (Å²) >= 11 is 0.